The Bertz CT molecular complexity index is 1210. The Balaban J connectivity index is 1.99. The van der Waals surface area contributed by atoms with Crippen molar-refractivity contribution >= 4 is 71.9 Å². The first-order valence-corrected chi connectivity index (χ1v) is 12.3. The van der Waals surface area contributed by atoms with Crippen molar-refractivity contribution in [2.45, 2.75) is 0 Å². The summed E-state index contributed by atoms with van der Waals surface area (Å²) in [4.78, 5) is 10.5. The van der Waals surface area contributed by atoms with Gasteiger partial charge < -0.3 is 13.9 Å². The Morgan fingerprint density at radius 3 is 1.59 bits per heavy atom. The molecule has 0 aromatic heterocycles. The van der Waals surface area contributed by atoms with Crippen LogP contribution < -0.4 is 9.05 Å². The summed E-state index contributed by atoms with van der Waals surface area (Å²) in [7, 11) is 0. The van der Waals surface area contributed by atoms with Crippen molar-refractivity contribution in [2.75, 3.05) is 0 Å². The van der Waals surface area contributed by atoms with Gasteiger partial charge in [0, 0.05) is 31.9 Å². The molecule has 1 heterocycles. The molecular weight excluding hydrogens is 511 g/mol. The summed E-state index contributed by atoms with van der Waals surface area (Å²) in [6.45, 7) is -3.45. The molecule has 1 aliphatic rings. The van der Waals surface area contributed by atoms with Gasteiger partial charge in [0.15, 0.2) is 0 Å². The number of rotatable bonds is 0. The third-order valence-electron chi connectivity index (χ3n) is 4.56. The lowest BCUT2D eigenvalue weighted by molar-refractivity contribution is 0.383. The Kier molecular flexibility index (Phi) is 4.12. The number of fused-ring (bicyclic) bond motifs is 7. The molecule has 0 spiro atoms. The molecule has 0 aliphatic carbocycles. The van der Waals surface area contributed by atoms with Crippen molar-refractivity contribution in [1.82, 2.24) is 0 Å². The van der Waals surface area contributed by atoms with E-state index in [2.05, 4.69) is 44.0 Å². The van der Waals surface area contributed by atoms with Crippen LogP contribution in [0.25, 0.3) is 32.7 Å². The van der Waals surface area contributed by atoms with Gasteiger partial charge in [-0.2, -0.15) is 0 Å². The number of hydrogen-bond acceptors (Lipinski definition) is 3. The first kappa shape index (κ1) is 17.7. The minimum absolute atomic E-state index is 0.532. The van der Waals surface area contributed by atoms with Gasteiger partial charge in [-0.1, -0.05) is 56.1 Å². The van der Waals surface area contributed by atoms with Gasteiger partial charge in [-0.3, -0.25) is 0 Å². The topological polar surface area (TPSA) is 38.7 Å². The molecule has 7 heteroatoms. The Morgan fingerprint density at radius 2 is 1.15 bits per heavy atom. The molecule has 4 aromatic carbocycles. The van der Waals surface area contributed by atoms with E-state index in [0.29, 0.717) is 11.5 Å². The van der Waals surface area contributed by atoms with Crippen LogP contribution in [0.1, 0.15) is 0 Å². The molecule has 5 rings (SSSR count). The summed E-state index contributed by atoms with van der Waals surface area (Å²) in [5, 5.41) is 4.13. The van der Waals surface area contributed by atoms with Crippen LogP contribution in [0.5, 0.6) is 11.5 Å². The summed E-state index contributed by atoms with van der Waals surface area (Å²) in [5.41, 5.74) is 1.76. The van der Waals surface area contributed by atoms with Gasteiger partial charge in [-0.05, 0) is 57.9 Å². The lowest BCUT2D eigenvalue weighted by Crippen LogP contribution is -1.97. The van der Waals surface area contributed by atoms with Crippen LogP contribution in [-0.2, 0) is 11.8 Å². The van der Waals surface area contributed by atoms with Crippen LogP contribution in [0.2, 0.25) is 0 Å². The standard InChI is InChI=1S/C20H11Br2O3PS/c21-13-3-5-15-11(9-13)1-7-17-19(15)20-16-6-4-14(22)10-12(16)2-8-18(20)25-26(23,27)24-17/h1-10H,(H,23,27). The zero-order valence-electron chi connectivity index (χ0n) is 13.6. The maximum absolute atomic E-state index is 10.5. The molecule has 134 valence electrons. The Morgan fingerprint density at radius 1 is 0.704 bits per heavy atom. The van der Waals surface area contributed by atoms with Gasteiger partial charge >= 0.3 is 6.72 Å². The van der Waals surface area contributed by atoms with Crippen molar-refractivity contribution in [3.63, 3.8) is 0 Å². The second-order valence-corrected chi connectivity index (χ2v) is 10.8. The van der Waals surface area contributed by atoms with Crippen LogP contribution in [0.4, 0.5) is 0 Å². The zero-order chi connectivity index (χ0) is 18.8. The normalized spacial score (nSPS) is 14.8. The fraction of sp³-hybridized carbons (Fsp3) is 0. The molecule has 1 N–H and O–H groups in total. The molecule has 0 unspecified atom stereocenters. The van der Waals surface area contributed by atoms with E-state index in [-0.39, 0.29) is 0 Å². The fourth-order valence-corrected chi connectivity index (χ4v) is 5.57. The summed E-state index contributed by atoms with van der Waals surface area (Å²) >= 11 is 12.3. The van der Waals surface area contributed by atoms with E-state index in [1.54, 1.807) is 0 Å². The van der Waals surface area contributed by atoms with Crippen LogP contribution >= 0.6 is 38.6 Å². The monoisotopic (exact) mass is 520 g/mol. The zero-order valence-corrected chi connectivity index (χ0v) is 18.5. The van der Waals surface area contributed by atoms with Crippen molar-refractivity contribution in [3.8, 4) is 22.6 Å². The van der Waals surface area contributed by atoms with E-state index in [0.717, 1.165) is 41.6 Å². The van der Waals surface area contributed by atoms with Gasteiger partial charge in [-0.15, -0.1) is 0 Å². The van der Waals surface area contributed by atoms with Gasteiger partial charge in [0.25, 0.3) is 0 Å². The summed E-state index contributed by atoms with van der Waals surface area (Å²) in [6.07, 6.45) is 0. The Hall–Kier alpha value is -1.43. The molecular formula is C20H11Br2O3PS. The summed E-state index contributed by atoms with van der Waals surface area (Å²) in [6, 6.07) is 19.8. The average molecular weight is 522 g/mol. The predicted molar refractivity (Wildman–Crippen MR) is 120 cm³/mol. The number of benzene rings is 4. The van der Waals surface area contributed by atoms with Gasteiger partial charge in [0.05, 0.1) is 0 Å². The fourth-order valence-electron chi connectivity index (χ4n) is 3.50. The lowest BCUT2D eigenvalue weighted by atomic mass is 9.92. The van der Waals surface area contributed by atoms with Crippen LogP contribution in [0.3, 0.4) is 0 Å². The van der Waals surface area contributed by atoms with E-state index in [9.17, 15) is 4.89 Å². The van der Waals surface area contributed by atoms with Gasteiger partial charge in [-0.25, -0.2) is 0 Å². The van der Waals surface area contributed by atoms with E-state index in [4.69, 9.17) is 20.9 Å². The molecule has 1 aliphatic heterocycles. The van der Waals surface area contributed by atoms with Gasteiger partial charge in [0.2, 0.25) is 0 Å². The number of halogens is 2. The van der Waals surface area contributed by atoms with Crippen molar-refractivity contribution in [2.24, 2.45) is 0 Å². The molecule has 27 heavy (non-hydrogen) atoms. The molecule has 4 aromatic rings. The second kappa shape index (κ2) is 6.29. The third-order valence-corrected chi connectivity index (χ3v) is 6.85. The molecule has 0 bridgehead atoms. The highest BCUT2D eigenvalue weighted by Gasteiger charge is 2.30. The molecule has 3 nitrogen and oxygen atoms in total. The van der Waals surface area contributed by atoms with E-state index < -0.39 is 6.72 Å². The van der Waals surface area contributed by atoms with Gasteiger partial charge in [0.1, 0.15) is 11.5 Å². The van der Waals surface area contributed by atoms with E-state index in [1.807, 2.05) is 48.5 Å². The second-order valence-electron chi connectivity index (χ2n) is 6.26. The van der Waals surface area contributed by atoms with E-state index >= 15 is 0 Å². The van der Waals surface area contributed by atoms with Crippen LogP contribution in [0.15, 0.2) is 69.6 Å². The van der Waals surface area contributed by atoms with E-state index in [1.165, 1.54) is 0 Å². The van der Waals surface area contributed by atoms with Crippen molar-refractivity contribution in [1.29, 1.82) is 0 Å². The SMILES string of the molecule is OP1(=S)Oc2ccc3cc(Br)ccc3c2-c2c(ccc3cc(Br)ccc23)O1. The van der Waals surface area contributed by atoms with Crippen molar-refractivity contribution in [3.05, 3.63) is 69.6 Å². The highest BCUT2D eigenvalue weighted by atomic mass is 79.9. The first-order valence-electron chi connectivity index (χ1n) is 8.08. The molecule has 0 saturated carbocycles. The molecule has 0 atom stereocenters. The number of hydrogen-bond donors (Lipinski definition) is 1. The van der Waals surface area contributed by atoms with Crippen molar-refractivity contribution < 1.29 is 13.9 Å². The maximum atomic E-state index is 10.5. The van der Waals surface area contributed by atoms with Crippen LogP contribution in [0, 0.1) is 0 Å². The maximum Gasteiger partial charge on any atom is 0.432 e. The molecule has 0 fully saturated rings. The average Bonchev–Trinajstić information content (AvgIpc) is 2.73. The minimum atomic E-state index is -3.45. The first-order chi connectivity index (χ1) is 12.9. The Labute approximate surface area is 177 Å². The molecule has 0 radical (unpaired) electrons. The summed E-state index contributed by atoms with van der Waals surface area (Å²) < 4.78 is 13.5. The third kappa shape index (κ3) is 3.00. The lowest BCUT2D eigenvalue weighted by Gasteiger charge is -2.15. The molecule has 0 saturated heterocycles. The van der Waals surface area contributed by atoms with Crippen LogP contribution in [-0.4, -0.2) is 4.89 Å². The highest BCUT2D eigenvalue weighted by molar-refractivity contribution is 9.10. The quantitative estimate of drug-likeness (QED) is 0.249. The smallest absolute Gasteiger partial charge is 0.415 e. The minimum Gasteiger partial charge on any atom is -0.415 e. The largest absolute Gasteiger partial charge is 0.432 e. The molecule has 0 amide bonds. The summed E-state index contributed by atoms with van der Waals surface area (Å²) in [5.74, 6) is 1.06. The highest BCUT2D eigenvalue weighted by Crippen LogP contribution is 2.57. The predicted octanol–water partition coefficient (Wildman–Crippen LogP) is 7.17.